The fraction of sp³-hybridized carbons (Fsp3) is 0.188. The van der Waals surface area contributed by atoms with Gasteiger partial charge in [0.05, 0.1) is 0 Å². The highest BCUT2D eigenvalue weighted by Gasteiger charge is 2.33. The van der Waals surface area contributed by atoms with Crippen LogP contribution in [0.2, 0.25) is 0 Å². The molecule has 0 saturated carbocycles. The summed E-state index contributed by atoms with van der Waals surface area (Å²) in [7, 11) is 0. The molecule has 0 atom stereocenters. The molecule has 4 aromatic carbocycles. The highest BCUT2D eigenvalue weighted by atomic mass is 16.3. The number of hydrogen-bond donors (Lipinski definition) is 2. The van der Waals surface area contributed by atoms with Gasteiger partial charge in [-0.2, -0.15) is 0 Å². The lowest BCUT2D eigenvalue weighted by Gasteiger charge is -2.35. The maximum Gasteiger partial charge on any atom is 0.199 e. The van der Waals surface area contributed by atoms with E-state index in [0.717, 1.165) is 59.1 Å². The van der Waals surface area contributed by atoms with Gasteiger partial charge in [0.1, 0.15) is 5.60 Å². The molecule has 1 fully saturated rings. The van der Waals surface area contributed by atoms with Crippen LogP contribution < -0.4 is 4.90 Å². The number of anilines is 1. The molecule has 0 unspecified atom stereocenters. The van der Waals surface area contributed by atoms with Crippen molar-refractivity contribution in [1.29, 1.82) is 0 Å². The largest absolute Gasteiger partial charge is 0.494 e. The summed E-state index contributed by atoms with van der Waals surface area (Å²) < 4.78 is 2.05. The average Bonchev–Trinajstić information content (AvgIpc) is 3.30. The van der Waals surface area contributed by atoms with Gasteiger partial charge in [-0.1, -0.05) is 91.0 Å². The van der Waals surface area contributed by atoms with Gasteiger partial charge in [0.2, 0.25) is 0 Å². The van der Waals surface area contributed by atoms with Crippen molar-refractivity contribution < 1.29 is 10.2 Å². The summed E-state index contributed by atoms with van der Waals surface area (Å²) in [5.74, 6) is 0.370. The van der Waals surface area contributed by atoms with Crippen LogP contribution in [0, 0.1) is 0 Å². The van der Waals surface area contributed by atoms with E-state index in [1.165, 1.54) is 0 Å². The van der Waals surface area contributed by atoms with Gasteiger partial charge in [-0.3, -0.25) is 0 Å². The highest BCUT2D eigenvalue weighted by molar-refractivity contribution is 5.87. The summed E-state index contributed by atoms with van der Waals surface area (Å²) in [4.78, 5) is 2.39. The van der Waals surface area contributed by atoms with Crippen LogP contribution in [0.4, 0.5) is 5.69 Å². The predicted octanol–water partition coefficient (Wildman–Crippen LogP) is 6.47. The second-order valence-electron chi connectivity index (χ2n) is 9.65. The molecule has 2 heterocycles. The number of piperidine rings is 1. The molecule has 2 N–H and O–H groups in total. The van der Waals surface area contributed by atoms with Crippen LogP contribution in [0.3, 0.4) is 0 Å². The molecule has 180 valence electrons. The summed E-state index contributed by atoms with van der Waals surface area (Å²) in [6.45, 7) is 1.83. The van der Waals surface area contributed by atoms with E-state index in [9.17, 15) is 10.2 Å². The Bertz CT molecular complexity index is 1410. The summed E-state index contributed by atoms with van der Waals surface area (Å²) >= 11 is 0. The van der Waals surface area contributed by atoms with Gasteiger partial charge in [-0.15, -0.1) is 0 Å². The second kappa shape index (κ2) is 9.21. The zero-order valence-corrected chi connectivity index (χ0v) is 20.2. The third kappa shape index (κ3) is 3.84. The number of benzene rings is 4. The summed E-state index contributed by atoms with van der Waals surface area (Å²) in [6.07, 6.45) is 4.01. The molecular weight excluding hydrogens is 444 g/mol. The fourth-order valence-electron chi connectivity index (χ4n) is 5.62. The summed E-state index contributed by atoms with van der Waals surface area (Å²) in [5.41, 5.74) is 2.49. The Morgan fingerprint density at radius 1 is 0.639 bits per heavy atom. The number of nitrogens with zero attached hydrogens (tertiary/aromatic N) is 2. The quantitative estimate of drug-likeness (QED) is 0.287. The molecule has 4 heteroatoms. The lowest BCUT2D eigenvalue weighted by atomic mass is 9.80. The topological polar surface area (TPSA) is 48.6 Å². The Morgan fingerprint density at radius 2 is 1.17 bits per heavy atom. The fourth-order valence-corrected chi connectivity index (χ4v) is 5.62. The number of aromatic nitrogens is 1. The van der Waals surface area contributed by atoms with Crippen molar-refractivity contribution in [2.45, 2.75) is 24.5 Å². The van der Waals surface area contributed by atoms with Crippen LogP contribution in [0.15, 0.2) is 115 Å². The zero-order valence-electron chi connectivity index (χ0n) is 20.2. The minimum atomic E-state index is -1.22. The first kappa shape index (κ1) is 22.4. The molecule has 0 amide bonds. The molecule has 6 rings (SSSR count). The van der Waals surface area contributed by atoms with Crippen LogP contribution in [0.1, 0.15) is 35.6 Å². The van der Waals surface area contributed by atoms with E-state index < -0.39 is 5.60 Å². The van der Waals surface area contributed by atoms with Crippen LogP contribution in [0.5, 0.6) is 5.88 Å². The molecule has 0 aliphatic carbocycles. The molecule has 0 radical (unpaired) electrons. The smallest absolute Gasteiger partial charge is 0.199 e. The highest BCUT2D eigenvalue weighted by Crippen LogP contribution is 2.38. The van der Waals surface area contributed by atoms with Gasteiger partial charge >= 0.3 is 0 Å². The number of hydrogen-bond acceptors (Lipinski definition) is 3. The average molecular weight is 475 g/mol. The number of aliphatic hydroxyl groups is 1. The lowest BCUT2D eigenvalue weighted by molar-refractivity contribution is 0.125. The van der Waals surface area contributed by atoms with E-state index in [-0.39, 0.29) is 6.04 Å². The molecule has 36 heavy (non-hydrogen) atoms. The SMILES string of the molecule is Oc1c2ccccc2cn1C1CCN(c2ccc(C(O)(c3ccccc3)c3ccccc3)cc2)CC1. The first-order valence-corrected chi connectivity index (χ1v) is 12.6. The molecule has 0 bridgehead atoms. The lowest BCUT2D eigenvalue weighted by Crippen LogP contribution is -2.34. The third-order valence-electron chi connectivity index (χ3n) is 7.62. The van der Waals surface area contributed by atoms with Crippen molar-refractivity contribution in [3.63, 3.8) is 0 Å². The maximum absolute atomic E-state index is 12.0. The van der Waals surface area contributed by atoms with Crippen molar-refractivity contribution in [1.82, 2.24) is 4.57 Å². The first-order chi connectivity index (χ1) is 17.6. The van der Waals surface area contributed by atoms with Crippen molar-refractivity contribution >= 4 is 16.5 Å². The van der Waals surface area contributed by atoms with E-state index in [1.807, 2.05) is 102 Å². The monoisotopic (exact) mass is 474 g/mol. The Hall–Kier alpha value is -4.02. The van der Waals surface area contributed by atoms with E-state index in [2.05, 4.69) is 23.2 Å². The van der Waals surface area contributed by atoms with Crippen molar-refractivity contribution in [2.75, 3.05) is 18.0 Å². The molecule has 1 saturated heterocycles. The Balaban J connectivity index is 1.23. The van der Waals surface area contributed by atoms with Gasteiger partial charge in [-0.05, 0) is 47.7 Å². The summed E-state index contributed by atoms with van der Waals surface area (Å²) in [5, 5.41) is 24.8. The Morgan fingerprint density at radius 3 is 1.75 bits per heavy atom. The van der Waals surface area contributed by atoms with Crippen molar-refractivity contribution in [2.24, 2.45) is 0 Å². The third-order valence-corrected chi connectivity index (χ3v) is 7.62. The number of fused-ring (bicyclic) bond motifs is 1. The minimum absolute atomic E-state index is 0.286. The van der Waals surface area contributed by atoms with Gasteiger partial charge in [0.15, 0.2) is 5.88 Å². The molecular formula is C32H30N2O2. The minimum Gasteiger partial charge on any atom is -0.494 e. The second-order valence-corrected chi connectivity index (χ2v) is 9.65. The van der Waals surface area contributed by atoms with Crippen LogP contribution >= 0.6 is 0 Å². The Labute approximate surface area is 211 Å². The van der Waals surface area contributed by atoms with E-state index in [0.29, 0.717) is 5.88 Å². The van der Waals surface area contributed by atoms with E-state index in [4.69, 9.17) is 0 Å². The number of rotatable bonds is 5. The van der Waals surface area contributed by atoms with Crippen LogP contribution in [-0.4, -0.2) is 27.9 Å². The zero-order chi connectivity index (χ0) is 24.5. The van der Waals surface area contributed by atoms with Crippen molar-refractivity contribution in [3.05, 3.63) is 132 Å². The van der Waals surface area contributed by atoms with E-state index in [1.54, 1.807) is 0 Å². The molecule has 1 aliphatic rings. The van der Waals surface area contributed by atoms with Crippen LogP contribution in [0.25, 0.3) is 10.8 Å². The maximum atomic E-state index is 12.0. The van der Waals surface area contributed by atoms with E-state index >= 15 is 0 Å². The Kier molecular flexibility index (Phi) is 5.74. The predicted molar refractivity (Wildman–Crippen MR) is 146 cm³/mol. The molecule has 1 aliphatic heterocycles. The first-order valence-electron chi connectivity index (χ1n) is 12.6. The normalized spacial score (nSPS) is 14.9. The summed E-state index contributed by atoms with van der Waals surface area (Å²) in [6, 6.07) is 36.3. The number of aromatic hydroxyl groups is 1. The van der Waals surface area contributed by atoms with Crippen LogP contribution in [-0.2, 0) is 5.60 Å². The van der Waals surface area contributed by atoms with Gasteiger partial charge in [-0.25, -0.2) is 0 Å². The molecule has 0 spiro atoms. The standard InChI is InChI=1S/C32H30N2O2/c35-31-30-14-8-7-9-24(30)23-34(31)29-19-21-33(22-20-29)28-17-15-27(16-18-28)32(36,25-10-3-1-4-11-25)26-12-5-2-6-13-26/h1-18,23,29,35-36H,19-22H2. The molecule has 4 nitrogen and oxygen atoms in total. The molecule has 1 aromatic heterocycles. The van der Waals surface area contributed by atoms with Crippen molar-refractivity contribution in [3.8, 4) is 5.88 Å². The van der Waals surface area contributed by atoms with Gasteiger partial charge in [0.25, 0.3) is 0 Å². The molecule has 5 aromatic rings. The van der Waals surface area contributed by atoms with Gasteiger partial charge < -0.3 is 19.7 Å². The van der Waals surface area contributed by atoms with Gasteiger partial charge in [0, 0.05) is 41.8 Å².